The quantitative estimate of drug-likeness (QED) is 0.799. The van der Waals surface area contributed by atoms with Crippen molar-refractivity contribution < 1.29 is 9.53 Å². The van der Waals surface area contributed by atoms with E-state index in [-0.39, 0.29) is 11.3 Å². The van der Waals surface area contributed by atoms with Gasteiger partial charge < -0.3 is 9.64 Å². The third-order valence-corrected chi connectivity index (χ3v) is 3.48. The van der Waals surface area contributed by atoms with E-state index in [1.54, 1.807) is 37.3 Å². The molecule has 4 nitrogen and oxygen atoms in total. The molecule has 1 heterocycles. The van der Waals surface area contributed by atoms with Gasteiger partial charge in [-0.2, -0.15) is 5.26 Å². The Balaban J connectivity index is 0.000000612. The zero-order valence-corrected chi connectivity index (χ0v) is 13.0. The summed E-state index contributed by atoms with van der Waals surface area (Å²) < 4.78 is 4.25. The van der Waals surface area contributed by atoms with Gasteiger partial charge in [0.2, 0.25) is 5.91 Å². The van der Waals surface area contributed by atoms with Crippen molar-refractivity contribution in [2.45, 2.75) is 20.3 Å². The van der Waals surface area contributed by atoms with Gasteiger partial charge in [-0.05, 0) is 24.6 Å². The summed E-state index contributed by atoms with van der Waals surface area (Å²) in [7, 11) is 3.25. The van der Waals surface area contributed by atoms with Crippen LogP contribution in [0, 0.1) is 16.7 Å². The monoisotopic (exact) mass is 294 g/mol. The van der Waals surface area contributed by atoms with Crippen LogP contribution in [0.2, 0.25) is 5.02 Å². The van der Waals surface area contributed by atoms with Crippen molar-refractivity contribution in [3.8, 4) is 6.07 Å². The standard InChI is InChI=1S/C13H13ClN2O.C2H6O/c1-13(2)5-6-16(12(13)17)10-4-3-9(8-15)11(14)7-10;1-3-2/h3-4,7H,5-6H2,1-2H3;1-2H3. The third kappa shape index (κ3) is 3.50. The summed E-state index contributed by atoms with van der Waals surface area (Å²) in [5.74, 6) is 0.110. The van der Waals surface area contributed by atoms with E-state index >= 15 is 0 Å². The van der Waals surface area contributed by atoms with E-state index in [4.69, 9.17) is 16.9 Å². The summed E-state index contributed by atoms with van der Waals surface area (Å²) in [4.78, 5) is 13.8. The van der Waals surface area contributed by atoms with E-state index in [0.717, 1.165) is 12.1 Å². The van der Waals surface area contributed by atoms with Gasteiger partial charge in [0.15, 0.2) is 0 Å². The number of methoxy groups -OCH3 is 1. The third-order valence-electron chi connectivity index (χ3n) is 3.17. The Kier molecular flexibility index (Phi) is 5.55. The lowest BCUT2D eigenvalue weighted by Gasteiger charge is -2.19. The minimum atomic E-state index is -0.305. The number of anilines is 1. The maximum absolute atomic E-state index is 12.1. The van der Waals surface area contributed by atoms with Crippen LogP contribution in [-0.2, 0) is 9.53 Å². The van der Waals surface area contributed by atoms with Gasteiger partial charge in [0.25, 0.3) is 0 Å². The number of nitriles is 1. The Morgan fingerprint density at radius 3 is 2.40 bits per heavy atom. The van der Waals surface area contributed by atoms with E-state index in [9.17, 15) is 4.79 Å². The molecule has 1 saturated heterocycles. The molecule has 0 aliphatic carbocycles. The summed E-state index contributed by atoms with van der Waals surface area (Å²) in [6, 6.07) is 7.10. The summed E-state index contributed by atoms with van der Waals surface area (Å²) in [6.07, 6.45) is 0.837. The lowest BCUT2D eigenvalue weighted by atomic mass is 9.92. The first-order valence-corrected chi connectivity index (χ1v) is 6.67. The highest BCUT2D eigenvalue weighted by Crippen LogP contribution is 2.35. The minimum absolute atomic E-state index is 0.110. The minimum Gasteiger partial charge on any atom is -0.388 e. The van der Waals surface area contributed by atoms with E-state index in [2.05, 4.69) is 4.74 Å². The predicted molar refractivity (Wildman–Crippen MR) is 79.9 cm³/mol. The lowest BCUT2D eigenvalue weighted by Crippen LogP contribution is -2.30. The molecule has 1 amide bonds. The number of halogens is 1. The molecule has 0 bridgehead atoms. The van der Waals surface area contributed by atoms with Gasteiger partial charge in [-0.1, -0.05) is 25.4 Å². The van der Waals surface area contributed by atoms with Crippen LogP contribution in [0.5, 0.6) is 0 Å². The molecule has 5 heteroatoms. The molecule has 2 rings (SSSR count). The van der Waals surface area contributed by atoms with Crippen LogP contribution in [0.3, 0.4) is 0 Å². The van der Waals surface area contributed by atoms with Gasteiger partial charge in [-0.15, -0.1) is 0 Å². The van der Waals surface area contributed by atoms with Crippen LogP contribution in [0.1, 0.15) is 25.8 Å². The van der Waals surface area contributed by atoms with Crippen molar-refractivity contribution >= 4 is 23.2 Å². The van der Waals surface area contributed by atoms with Crippen molar-refractivity contribution in [3.63, 3.8) is 0 Å². The van der Waals surface area contributed by atoms with E-state index in [1.165, 1.54) is 0 Å². The number of ether oxygens (including phenoxy) is 1. The molecule has 0 spiro atoms. The highest BCUT2D eigenvalue weighted by molar-refractivity contribution is 6.32. The van der Waals surface area contributed by atoms with Gasteiger partial charge in [0, 0.05) is 31.9 Å². The van der Waals surface area contributed by atoms with Gasteiger partial charge in [-0.25, -0.2) is 0 Å². The Hall–Kier alpha value is -1.57. The topological polar surface area (TPSA) is 53.3 Å². The second kappa shape index (κ2) is 6.74. The molecule has 1 aromatic rings. The normalized spacial score (nSPS) is 16.4. The second-order valence-corrected chi connectivity index (χ2v) is 5.68. The van der Waals surface area contributed by atoms with E-state index in [0.29, 0.717) is 17.1 Å². The fraction of sp³-hybridized carbons (Fsp3) is 0.467. The smallest absolute Gasteiger partial charge is 0.232 e. The number of amides is 1. The molecular formula is C15H19ClN2O2. The predicted octanol–water partition coefficient (Wildman–Crippen LogP) is 3.24. The first kappa shape index (κ1) is 16.5. The van der Waals surface area contributed by atoms with Crippen LogP contribution in [-0.4, -0.2) is 26.7 Å². The van der Waals surface area contributed by atoms with Crippen molar-refractivity contribution in [2.75, 3.05) is 25.7 Å². The fourth-order valence-electron chi connectivity index (χ4n) is 1.97. The molecule has 20 heavy (non-hydrogen) atoms. The number of carbonyl (C=O) groups is 1. The second-order valence-electron chi connectivity index (χ2n) is 5.27. The Bertz CT molecular complexity index is 535. The molecule has 0 aromatic heterocycles. The highest BCUT2D eigenvalue weighted by atomic mass is 35.5. The number of carbonyl (C=O) groups excluding carboxylic acids is 1. The molecule has 1 aromatic carbocycles. The maximum atomic E-state index is 12.1. The van der Waals surface area contributed by atoms with Crippen molar-refractivity contribution in [1.82, 2.24) is 0 Å². The SMILES string of the molecule is CC1(C)CCN(c2ccc(C#N)c(Cl)c2)C1=O.COC. The Morgan fingerprint density at radius 1 is 1.40 bits per heavy atom. The summed E-state index contributed by atoms with van der Waals surface area (Å²) in [5.41, 5.74) is 0.895. The fourth-order valence-corrected chi connectivity index (χ4v) is 2.19. The van der Waals surface area contributed by atoms with Crippen LogP contribution in [0.25, 0.3) is 0 Å². The number of nitrogens with zero attached hydrogens (tertiary/aromatic N) is 2. The summed E-state index contributed by atoms with van der Waals surface area (Å²) in [6.45, 7) is 4.59. The number of benzene rings is 1. The summed E-state index contributed by atoms with van der Waals surface area (Å²) >= 11 is 5.97. The van der Waals surface area contributed by atoms with Crippen LogP contribution in [0.15, 0.2) is 18.2 Å². The molecule has 0 saturated carbocycles. The zero-order chi connectivity index (χ0) is 15.3. The first-order valence-electron chi connectivity index (χ1n) is 6.29. The molecule has 1 fully saturated rings. The molecule has 0 atom stereocenters. The van der Waals surface area contributed by atoms with Gasteiger partial charge in [-0.3, -0.25) is 4.79 Å². The van der Waals surface area contributed by atoms with Gasteiger partial charge in [0.1, 0.15) is 6.07 Å². The van der Waals surface area contributed by atoms with Crippen LogP contribution in [0.4, 0.5) is 5.69 Å². The zero-order valence-electron chi connectivity index (χ0n) is 12.2. The molecule has 0 N–H and O–H groups in total. The van der Waals surface area contributed by atoms with E-state index in [1.807, 2.05) is 19.9 Å². The average Bonchev–Trinajstić information content (AvgIpc) is 2.65. The van der Waals surface area contributed by atoms with Crippen molar-refractivity contribution in [2.24, 2.45) is 5.41 Å². The molecule has 1 aliphatic rings. The Labute approximate surface area is 124 Å². The molecule has 108 valence electrons. The first-order chi connectivity index (χ1) is 9.37. The van der Waals surface area contributed by atoms with Crippen LogP contribution >= 0.6 is 11.6 Å². The molecule has 0 unspecified atom stereocenters. The number of rotatable bonds is 1. The maximum Gasteiger partial charge on any atom is 0.232 e. The molecule has 1 aliphatic heterocycles. The van der Waals surface area contributed by atoms with Crippen molar-refractivity contribution in [3.05, 3.63) is 28.8 Å². The molecule has 0 radical (unpaired) electrons. The highest BCUT2D eigenvalue weighted by Gasteiger charge is 2.39. The lowest BCUT2D eigenvalue weighted by molar-refractivity contribution is -0.123. The summed E-state index contributed by atoms with van der Waals surface area (Å²) in [5, 5.41) is 9.19. The number of hydrogen-bond donors (Lipinski definition) is 0. The van der Waals surface area contributed by atoms with Crippen LogP contribution < -0.4 is 4.90 Å². The van der Waals surface area contributed by atoms with Crippen molar-refractivity contribution in [1.29, 1.82) is 5.26 Å². The van der Waals surface area contributed by atoms with E-state index < -0.39 is 0 Å². The van der Waals surface area contributed by atoms with Gasteiger partial charge >= 0.3 is 0 Å². The Morgan fingerprint density at radius 2 is 2.00 bits per heavy atom. The van der Waals surface area contributed by atoms with Gasteiger partial charge in [0.05, 0.1) is 10.6 Å². The largest absolute Gasteiger partial charge is 0.388 e. The number of hydrogen-bond acceptors (Lipinski definition) is 3. The molecular weight excluding hydrogens is 276 g/mol. The average molecular weight is 295 g/mol.